The van der Waals surface area contributed by atoms with Crippen molar-refractivity contribution in [3.8, 4) is 39.6 Å². The van der Waals surface area contributed by atoms with E-state index in [9.17, 15) is 0 Å². The highest BCUT2D eigenvalue weighted by molar-refractivity contribution is 6.21. The lowest BCUT2D eigenvalue weighted by molar-refractivity contribution is 0.960. The number of imidazole rings is 3. The van der Waals surface area contributed by atoms with Crippen LogP contribution >= 0.6 is 0 Å². The number of aromatic nitrogens is 6. The molecule has 0 aliphatic carbocycles. The van der Waals surface area contributed by atoms with E-state index in [1.54, 1.807) is 0 Å². The van der Waals surface area contributed by atoms with E-state index in [-0.39, 0.29) is 0 Å². The largest absolute Gasteiger partial charge is 0.327 e. The lowest BCUT2D eigenvalue weighted by Crippen LogP contribution is -1.99. The van der Waals surface area contributed by atoms with E-state index < -0.39 is 0 Å². The van der Waals surface area contributed by atoms with Gasteiger partial charge in [0.2, 0.25) is 0 Å². The zero-order chi connectivity index (χ0) is 33.5. The van der Waals surface area contributed by atoms with E-state index >= 15 is 0 Å². The van der Waals surface area contributed by atoms with Gasteiger partial charge in [0.25, 0.3) is 0 Å². The van der Waals surface area contributed by atoms with Crippen LogP contribution in [0.5, 0.6) is 0 Å². The van der Waals surface area contributed by atoms with Crippen LogP contribution in [-0.2, 0) is 14.1 Å². The minimum absolute atomic E-state index is 0.936. The van der Waals surface area contributed by atoms with Crippen LogP contribution in [0.2, 0.25) is 0 Å². The number of benzene rings is 7. The lowest BCUT2D eigenvalue weighted by Gasteiger charge is -2.18. The second kappa shape index (κ2) is 10.7. The van der Waals surface area contributed by atoms with Crippen molar-refractivity contribution in [3.63, 3.8) is 0 Å². The van der Waals surface area contributed by atoms with E-state index in [2.05, 4.69) is 174 Å². The van der Waals surface area contributed by atoms with Crippen molar-refractivity contribution in [2.75, 3.05) is 0 Å². The molecule has 0 saturated carbocycles. The molecule has 0 amide bonds. The summed E-state index contributed by atoms with van der Waals surface area (Å²) < 4.78 is 6.71. The summed E-state index contributed by atoms with van der Waals surface area (Å²) in [4.78, 5) is 15.4. The van der Waals surface area contributed by atoms with Gasteiger partial charge in [-0.1, -0.05) is 91.0 Å². The van der Waals surface area contributed by atoms with E-state index in [1.165, 1.54) is 5.56 Å². The zero-order valence-electron chi connectivity index (χ0n) is 28.0. The summed E-state index contributed by atoms with van der Waals surface area (Å²) in [5.41, 5.74) is 11.8. The number of para-hydroxylation sites is 6. The molecular formula is C44H32N6. The van der Waals surface area contributed by atoms with E-state index in [1.807, 2.05) is 0 Å². The minimum Gasteiger partial charge on any atom is -0.327 e. The molecule has 10 rings (SSSR count). The highest BCUT2D eigenvalue weighted by atomic mass is 15.1. The Hall–Kier alpha value is -6.53. The fraction of sp³-hybridized carbons (Fsp3) is 0.0682. The molecule has 0 fully saturated rings. The van der Waals surface area contributed by atoms with E-state index in [4.69, 9.17) is 15.0 Å². The third-order valence-electron chi connectivity index (χ3n) is 10.2. The van der Waals surface area contributed by atoms with Crippen LogP contribution in [0.15, 0.2) is 140 Å². The predicted molar refractivity (Wildman–Crippen MR) is 206 cm³/mol. The van der Waals surface area contributed by atoms with Crippen molar-refractivity contribution in [1.82, 2.24) is 28.7 Å². The fourth-order valence-electron chi connectivity index (χ4n) is 7.96. The first kappa shape index (κ1) is 28.5. The maximum atomic E-state index is 5.18. The Morgan fingerprint density at radius 1 is 0.440 bits per heavy atom. The maximum absolute atomic E-state index is 5.18. The van der Waals surface area contributed by atoms with Gasteiger partial charge in [0.1, 0.15) is 17.5 Å². The molecule has 238 valence electrons. The van der Waals surface area contributed by atoms with Crippen LogP contribution in [-0.4, -0.2) is 28.7 Å². The highest BCUT2D eigenvalue weighted by Gasteiger charge is 2.23. The van der Waals surface area contributed by atoms with Crippen LogP contribution in [0.4, 0.5) is 0 Å². The number of aryl methyl sites for hydroxylation is 3. The van der Waals surface area contributed by atoms with Gasteiger partial charge in [0, 0.05) is 36.5 Å². The molecule has 0 N–H and O–H groups in total. The van der Waals surface area contributed by atoms with Gasteiger partial charge in [-0.3, -0.25) is 4.57 Å². The Labute approximate surface area is 288 Å². The van der Waals surface area contributed by atoms with Gasteiger partial charge >= 0.3 is 0 Å². The van der Waals surface area contributed by atoms with Crippen LogP contribution in [0.3, 0.4) is 0 Å². The predicted octanol–water partition coefficient (Wildman–Crippen LogP) is 10.4. The molecule has 0 radical (unpaired) electrons. The summed E-state index contributed by atoms with van der Waals surface area (Å²) >= 11 is 0. The molecule has 0 atom stereocenters. The summed E-state index contributed by atoms with van der Waals surface area (Å²) in [6.07, 6.45) is 0. The fourth-order valence-corrected chi connectivity index (χ4v) is 7.96. The molecule has 10 aromatic rings. The first-order valence-electron chi connectivity index (χ1n) is 16.9. The molecule has 0 aliphatic heterocycles. The number of rotatable bonds is 4. The molecule has 50 heavy (non-hydrogen) atoms. The maximum Gasteiger partial charge on any atom is 0.141 e. The zero-order valence-corrected chi connectivity index (χ0v) is 28.0. The molecule has 6 heteroatoms. The Morgan fingerprint density at radius 3 is 1.52 bits per heavy atom. The van der Waals surface area contributed by atoms with Gasteiger partial charge in [-0.15, -0.1) is 0 Å². The van der Waals surface area contributed by atoms with Gasteiger partial charge in [0.15, 0.2) is 0 Å². The van der Waals surface area contributed by atoms with Gasteiger partial charge in [0.05, 0.1) is 33.1 Å². The number of fused-ring (bicyclic) bond motifs is 5. The lowest BCUT2D eigenvalue weighted by atomic mass is 9.88. The van der Waals surface area contributed by atoms with Crippen LogP contribution in [0.1, 0.15) is 5.82 Å². The number of hydrogen-bond acceptors (Lipinski definition) is 3. The second-order valence-corrected chi connectivity index (χ2v) is 13.0. The number of hydrogen-bond donors (Lipinski definition) is 0. The Bertz CT molecular complexity index is 2820. The van der Waals surface area contributed by atoms with Crippen molar-refractivity contribution >= 4 is 54.6 Å². The summed E-state index contributed by atoms with van der Waals surface area (Å²) in [7, 11) is 4.22. The SMILES string of the molecule is Cc1nc2cccc(-c3c4cccc(-c5nc6ccccc6n5C)c4cc4c(-c5nc6ccccc6n5C)cccc34)c2n1-c1ccccc1. The smallest absolute Gasteiger partial charge is 0.141 e. The third kappa shape index (κ3) is 4.05. The normalized spacial score (nSPS) is 11.9. The van der Waals surface area contributed by atoms with E-state index in [0.717, 1.165) is 94.5 Å². The molecule has 0 saturated heterocycles. The molecule has 0 spiro atoms. The van der Waals surface area contributed by atoms with Crippen molar-refractivity contribution < 1.29 is 0 Å². The van der Waals surface area contributed by atoms with Gasteiger partial charge in [-0.05, 0) is 82.6 Å². The van der Waals surface area contributed by atoms with Crippen molar-refractivity contribution in [2.24, 2.45) is 14.1 Å². The van der Waals surface area contributed by atoms with Crippen molar-refractivity contribution in [1.29, 1.82) is 0 Å². The topological polar surface area (TPSA) is 53.5 Å². The van der Waals surface area contributed by atoms with Gasteiger partial charge in [-0.25, -0.2) is 15.0 Å². The number of nitrogens with zero attached hydrogens (tertiary/aromatic N) is 6. The first-order chi connectivity index (χ1) is 24.6. The molecule has 6 nitrogen and oxygen atoms in total. The average molecular weight is 645 g/mol. The van der Waals surface area contributed by atoms with Gasteiger partial charge in [-0.2, -0.15) is 0 Å². The van der Waals surface area contributed by atoms with E-state index in [0.29, 0.717) is 0 Å². The van der Waals surface area contributed by atoms with Crippen molar-refractivity contribution in [3.05, 3.63) is 145 Å². The molecule has 0 unspecified atom stereocenters. The summed E-state index contributed by atoms with van der Waals surface area (Å²) in [6, 6.07) is 49.3. The summed E-state index contributed by atoms with van der Waals surface area (Å²) in [6.45, 7) is 2.09. The molecule has 0 aliphatic rings. The average Bonchev–Trinajstić information content (AvgIpc) is 3.80. The Morgan fingerprint density at radius 2 is 0.940 bits per heavy atom. The molecular weight excluding hydrogens is 613 g/mol. The standard InChI is InChI=1S/C44H32N6/c1-27-45-38-23-13-20-33(42(38)50(27)28-14-5-4-6-15-28)41-29-16-11-18-31(43-46-36-21-7-9-24-39(36)48(43)2)34(29)26-35-30(41)17-12-19-32(35)44-47-37-22-8-10-25-40(37)49(44)3/h4-26H,1-3H3. The van der Waals surface area contributed by atoms with Crippen LogP contribution in [0.25, 0.3) is 94.2 Å². The highest BCUT2D eigenvalue weighted by Crippen LogP contribution is 2.45. The summed E-state index contributed by atoms with van der Waals surface area (Å²) in [5, 5.41) is 4.60. The molecule has 0 bridgehead atoms. The molecule has 3 aromatic heterocycles. The monoisotopic (exact) mass is 644 g/mol. The summed E-state index contributed by atoms with van der Waals surface area (Å²) in [5.74, 6) is 2.82. The van der Waals surface area contributed by atoms with Crippen LogP contribution in [0, 0.1) is 6.92 Å². The Kier molecular flexibility index (Phi) is 6.12. The molecule has 3 heterocycles. The first-order valence-corrected chi connectivity index (χ1v) is 16.9. The van der Waals surface area contributed by atoms with Gasteiger partial charge < -0.3 is 9.13 Å². The third-order valence-corrected chi connectivity index (χ3v) is 10.2. The Balaban J connectivity index is 1.38. The quantitative estimate of drug-likeness (QED) is 0.179. The minimum atomic E-state index is 0.936. The molecule has 7 aromatic carbocycles. The van der Waals surface area contributed by atoms with Crippen molar-refractivity contribution in [2.45, 2.75) is 6.92 Å². The second-order valence-electron chi connectivity index (χ2n) is 13.0. The van der Waals surface area contributed by atoms with Crippen LogP contribution < -0.4 is 0 Å².